The van der Waals surface area contributed by atoms with Crippen molar-refractivity contribution in [3.05, 3.63) is 78.0 Å². The lowest BCUT2D eigenvalue weighted by Gasteiger charge is -2.31. The van der Waals surface area contributed by atoms with Crippen molar-refractivity contribution in [2.45, 2.75) is 46.1 Å². The number of nitrogen functional groups attached to an aromatic ring is 1. The molecule has 0 atom stereocenters. The highest BCUT2D eigenvalue weighted by Crippen LogP contribution is 2.28. The van der Waals surface area contributed by atoms with Gasteiger partial charge in [0.25, 0.3) is 5.91 Å². The van der Waals surface area contributed by atoms with Crippen LogP contribution in [0, 0.1) is 5.82 Å². The van der Waals surface area contributed by atoms with Crippen LogP contribution in [0.3, 0.4) is 0 Å². The molecule has 34 heavy (non-hydrogen) atoms. The van der Waals surface area contributed by atoms with E-state index in [-0.39, 0.29) is 23.0 Å². The number of hydrogen-bond acceptors (Lipinski definition) is 5. The first-order valence-corrected chi connectivity index (χ1v) is 11.6. The van der Waals surface area contributed by atoms with E-state index < -0.39 is 11.7 Å². The molecular weight excluding hydrogens is 431 g/mol. The predicted molar refractivity (Wildman–Crippen MR) is 135 cm³/mol. The van der Waals surface area contributed by atoms with Crippen LogP contribution < -0.4 is 15.8 Å². The van der Waals surface area contributed by atoms with Gasteiger partial charge in [0.1, 0.15) is 11.6 Å². The van der Waals surface area contributed by atoms with Crippen LogP contribution in [0.5, 0.6) is 5.75 Å². The topological polar surface area (TPSA) is 80.5 Å². The quantitative estimate of drug-likeness (QED) is 0.508. The zero-order valence-electron chi connectivity index (χ0n) is 20.1. The number of hydrogen-bond donors (Lipinski definition) is 2. The molecule has 0 unspecified atom stereocenters. The Morgan fingerprint density at radius 2 is 1.97 bits per heavy atom. The van der Waals surface area contributed by atoms with Crippen LogP contribution in [-0.4, -0.2) is 35.0 Å². The van der Waals surface area contributed by atoms with E-state index >= 15 is 0 Å². The number of carbonyl (C=O) groups is 1. The Balaban J connectivity index is 1.95. The highest BCUT2D eigenvalue weighted by molar-refractivity contribution is 5.99. The second kappa shape index (κ2) is 11.5. The van der Waals surface area contributed by atoms with Gasteiger partial charge in [0.2, 0.25) is 0 Å². The van der Waals surface area contributed by atoms with Crippen LogP contribution in [-0.2, 0) is 0 Å². The average molecular weight is 465 g/mol. The molecule has 0 saturated carbocycles. The second-order valence-corrected chi connectivity index (χ2v) is 8.45. The molecule has 0 aliphatic carbocycles. The highest BCUT2D eigenvalue weighted by atomic mass is 19.1. The molecule has 1 fully saturated rings. The maximum atomic E-state index is 14.6. The first-order chi connectivity index (χ1) is 16.3. The van der Waals surface area contributed by atoms with E-state index in [1.165, 1.54) is 12.5 Å². The van der Waals surface area contributed by atoms with Crippen molar-refractivity contribution in [3.63, 3.8) is 0 Å². The van der Waals surface area contributed by atoms with Crippen molar-refractivity contribution < 1.29 is 13.9 Å². The number of nitrogens with two attached hydrogens (primary N) is 1. The molecule has 1 amide bonds. The van der Waals surface area contributed by atoms with E-state index in [0.717, 1.165) is 31.6 Å². The first-order valence-electron chi connectivity index (χ1n) is 11.6. The van der Waals surface area contributed by atoms with Crippen LogP contribution in [0.1, 0.15) is 50.5 Å². The van der Waals surface area contributed by atoms with Crippen molar-refractivity contribution in [1.82, 2.24) is 15.2 Å². The summed E-state index contributed by atoms with van der Waals surface area (Å²) in [7, 11) is 0. The van der Waals surface area contributed by atoms with Crippen LogP contribution in [0.25, 0.3) is 11.3 Å². The van der Waals surface area contributed by atoms with Gasteiger partial charge in [-0.1, -0.05) is 12.7 Å². The first kappa shape index (κ1) is 25.0. The third kappa shape index (κ3) is 6.04. The van der Waals surface area contributed by atoms with Gasteiger partial charge >= 0.3 is 0 Å². The average Bonchev–Trinajstić information content (AvgIpc) is 2.83. The van der Waals surface area contributed by atoms with E-state index in [0.29, 0.717) is 17.1 Å². The number of carbonyl (C=O) groups excluding carboxylic acids is 1. The minimum absolute atomic E-state index is 0.0184. The van der Waals surface area contributed by atoms with Gasteiger partial charge in [-0.05, 0) is 82.5 Å². The van der Waals surface area contributed by atoms with E-state index in [1.54, 1.807) is 30.3 Å². The molecule has 3 N–H and O–H groups in total. The smallest absolute Gasteiger partial charge is 0.276 e. The minimum atomic E-state index is -0.483. The van der Waals surface area contributed by atoms with Crippen LogP contribution >= 0.6 is 0 Å². The van der Waals surface area contributed by atoms with Gasteiger partial charge < -0.3 is 20.7 Å². The maximum Gasteiger partial charge on any atom is 0.276 e. The van der Waals surface area contributed by atoms with E-state index in [4.69, 9.17) is 10.5 Å². The number of ether oxygens (including phenoxy) is 1. The van der Waals surface area contributed by atoms with E-state index in [9.17, 15) is 9.18 Å². The lowest BCUT2D eigenvalue weighted by atomic mass is 10.1. The van der Waals surface area contributed by atoms with Crippen molar-refractivity contribution >= 4 is 11.6 Å². The number of amides is 1. The summed E-state index contributed by atoms with van der Waals surface area (Å²) in [4.78, 5) is 19.9. The van der Waals surface area contributed by atoms with Crippen molar-refractivity contribution in [2.75, 3.05) is 18.8 Å². The second-order valence-electron chi connectivity index (χ2n) is 8.45. The van der Waals surface area contributed by atoms with Gasteiger partial charge in [-0.3, -0.25) is 4.79 Å². The van der Waals surface area contributed by atoms with Crippen LogP contribution in [0.4, 0.5) is 10.1 Å². The number of pyridine rings is 1. The number of halogens is 1. The number of piperidine rings is 1. The summed E-state index contributed by atoms with van der Waals surface area (Å²) in [6.45, 7) is 11.4. The Kier molecular flexibility index (Phi) is 8.46. The monoisotopic (exact) mass is 464 g/mol. The number of allylic oxidation sites excluding steroid dienone is 3. The number of benzene rings is 1. The molecule has 180 valence electrons. The molecule has 1 aromatic carbocycles. The number of rotatable bonds is 8. The molecule has 1 aromatic heterocycles. The largest absolute Gasteiger partial charge is 0.491 e. The molecule has 0 spiro atoms. The minimum Gasteiger partial charge on any atom is -0.491 e. The Hall–Kier alpha value is -3.61. The molecule has 7 heteroatoms. The summed E-state index contributed by atoms with van der Waals surface area (Å²) in [6, 6.07) is 7.61. The molecule has 0 radical (unpaired) electrons. The van der Waals surface area contributed by atoms with E-state index in [2.05, 4.69) is 21.8 Å². The van der Waals surface area contributed by atoms with Gasteiger partial charge in [-0.2, -0.15) is 0 Å². The Bertz CT molecular complexity index is 1100. The van der Waals surface area contributed by atoms with Gasteiger partial charge in [0, 0.05) is 18.7 Å². The molecule has 0 bridgehead atoms. The molecule has 1 aliphatic rings. The zero-order valence-corrected chi connectivity index (χ0v) is 20.1. The summed E-state index contributed by atoms with van der Waals surface area (Å²) in [6.07, 6.45) is 8.85. The van der Waals surface area contributed by atoms with Crippen molar-refractivity contribution in [1.29, 1.82) is 0 Å². The summed E-state index contributed by atoms with van der Waals surface area (Å²) in [5, 5.41) is 2.91. The van der Waals surface area contributed by atoms with Gasteiger partial charge in [-0.25, -0.2) is 9.37 Å². The van der Waals surface area contributed by atoms with E-state index in [1.807, 2.05) is 32.9 Å². The van der Waals surface area contributed by atoms with Crippen LogP contribution in [0.15, 0.2) is 66.5 Å². The Morgan fingerprint density at radius 3 is 2.62 bits per heavy atom. The number of likely N-dealkylation sites (tertiary alicyclic amines) is 1. The Labute approximate surface area is 201 Å². The summed E-state index contributed by atoms with van der Waals surface area (Å²) >= 11 is 0. The number of nitrogens with one attached hydrogen (secondary N) is 1. The number of anilines is 1. The standard InChI is InChI=1S/C27H33FN4O2/c1-5-10-25(32-15-8-7-9-16-32)23(6-2)31-27(33)26-22(29)13-14-24(30-26)20-17-19(34-18(3)4)11-12-21(20)28/h5-6,10-14,17-18H,2,7-9,15-16,29H2,1,3-4H3,(H,31,33)/b10-5-,25-23-. The lowest BCUT2D eigenvalue weighted by Crippen LogP contribution is -2.33. The zero-order chi connectivity index (χ0) is 24.7. The number of aromatic nitrogens is 1. The van der Waals surface area contributed by atoms with Crippen molar-refractivity contribution in [3.8, 4) is 17.0 Å². The fraction of sp³-hybridized carbons (Fsp3) is 0.333. The highest BCUT2D eigenvalue weighted by Gasteiger charge is 2.20. The molecular formula is C27H33FN4O2. The fourth-order valence-corrected chi connectivity index (χ4v) is 3.91. The summed E-state index contributed by atoms with van der Waals surface area (Å²) < 4.78 is 20.3. The maximum absolute atomic E-state index is 14.6. The van der Waals surface area contributed by atoms with Gasteiger partial charge in [0.05, 0.1) is 28.9 Å². The molecule has 1 saturated heterocycles. The lowest BCUT2D eigenvalue weighted by molar-refractivity contribution is 0.0962. The predicted octanol–water partition coefficient (Wildman–Crippen LogP) is 5.45. The van der Waals surface area contributed by atoms with Gasteiger partial charge in [0.15, 0.2) is 5.69 Å². The van der Waals surface area contributed by atoms with Gasteiger partial charge in [-0.15, -0.1) is 0 Å². The molecule has 2 aromatic rings. The third-order valence-corrected chi connectivity index (χ3v) is 5.48. The summed E-state index contributed by atoms with van der Waals surface area (Å²) in [5.41, 5.74) is 8.30. The van der Waals surface area contributed by atoms with Crippen molar-refractivity contribution in [2.24, 2.45) is 0 Å². The number of nitrogens with zero attached hydrogens (tertiary/aromatic N) is 2. The van der Waals surface area contributed by atoms with Crippen LogP contribution in [0.2, 0.25) is 0 Å². The summed E-state index contributed by atoms with van der Waals surface area (Å²) in [5.74, 6) is -0.430. The third-order valence-electron chi connectivity index (χ3n) is 5.48. The Morgan fingerprint density at radius 1 is 1.24 bits per heavy atom. The normalized spacial score (nSPS) is 14.8. The SMILES string of the molecule is C=C/C(NC(=O)c1nc(-c2cc(OC(C)C)ccc2F)ccc1N)=C(\C=C/C)N1CCCCC1. The molecule has 1 aliphatic heterocycles. The molecule has 2 heterocycles. The molecule has 6 nitrogen and oxygen atoms in total. The molecule has 3 rings (SSSR count). The fourth-order valence-electron chi connectivity index (χ4n) is 3.91.